The smallest absolute Gasteiger partial charge is 0.316 e. The molecule has 0 saturated heterocycles. The summed E-state index contributed by atoms with van der Waals surface area (Å²) < 4.78 is 4.90. The van der Waals surface area contributed by atoms with Crippen molar-refractivity contribution in [2.75, 3.05) is 6.61 Å². The molecule has 2 nitrogen and oxygen atoms in total. The molecule has 0 amide bonds. The molecule has 92 valence electrons. The van der Waals surface area contributed by atoms with E-state index in [4.69, 9.17) is 39.5 Å². The van der Waals surface area contributed by atoms with Crippen LogP contribution in [0, 0.1) is 5.92 Å². The lowest BCUT2D eigenvalue weighted by Crippen LogP contribution is -2.14. The van der Waals surface area contributed by atoms with E-state index in [2.05, 4.69) is 0 Å². The molecular weight excluding hydrogens is 270 g/mol. The molecule has 0 aliphatic heterocycles. The molecule has 5 heteroatoms. The first kappa shape index (κ1) is 15.8. The van der Waals surface area contributed by atoms with Crippen LogP contribution in [0.5, 0.6) is 0 Å². The Balaban J connectivity index is 4.74. The van der Waals surface area contributed by atoms with Crippen molar-refractivity contribution < 1.29 is 9.53 Å². The summed E-state index contributed by atoms with van der Waals surface area (Å²) in [5.41, 5.74) is 0. The highest BCUT2D eigenvalue weighted by Gasteiger charge is 2.15. The van der Waals surface area contributed by atoms with Gasteiger partial charge in [0.2, 0.25) is 0 Å². The number of esters is 1. The Morgan fingerprint density at radius 3 is 2.31 bits per heavy atom. The molecule has 1 atom stereocenters. The second-order valence-electron chi connectivity index (χ2n) is 3.10. The van der Waals surface area contributed by atoms with E-state index in [9.17, 15) is 4.79 Å². The first-order valence-electron chi connectivity index (χ1n) is 5.06. The van der Waals surface area contributed by atoms with Crippen molar-refractivity contribution in [3.63, 3.8) is 0 Å². The van der Waals surface area contributed by atoms with Gasteiger partial charge < -0.3 is 4.74 Å². The zero-order valence-corrected chi connectivity index (χ0v) is 11.6. The second-order valence-corrected chi connectivity index (χ2v) is 4.59. The van der Waals surface area contributed by atoms with E-state index in [0.29, 0.717) is 18.1 Å². The second kappa shape index (κ2) is 8.91. The fourth-order valence-corrected chi connectivity index (χ4v) is 1.67. The summed E-state index contributed by atoms with van der Waals surface area (Å²) in [5.74, 6) is -1.03. The predicted octanol–water partition coefficient (Wildman–Crippen LogP) is 4.41. The van der Waals surface area contributed by atoms with Crippen LogP contribution in [-0.4, -0.2) is 12.6 Å². The van der Waals surface area contributed by atoms with Crippen molar-refractivity contribution in [3.05, 3.63) is 21.7 Å². The minimum absolute atomic E-state index is 0.0234. The SMILES string of the molecule is CCC/C(Cl)=C/C(C=C(Cl)Cl)C(=O)OCC. The summed E-state index contributed by atoms with van der Waals surface area (Å²) in [5, 5.41) is 0.603. The standard InChI is InChI=1S/C11H15Cl3O2/c1-3-5-9(12)6-8(7-10(13)14)11(15)16-4-2/h6-8H,3-5H2,1-2H3/b9-6-. The minimum atomic E-state index is -0.621. The van der Waals surface area contributed by atoms with Gasteiger partial charge in [0.25, 0.3) is 0 Å². The molecular formula is C11H15Cl3O2. The lowest BCUT2D eigenvalue weighted by atomic mass is 10.1. The van der Waals surface area contributed by atoms with Gasteiger partial charge in [-0.1, -0.05) is 54.2 Å². The van der Waals surface area contributed by atoms with Crippen LogP contribution < -0.4 is 0 Å². The van der Waals surface area contributed by atoms with Crippen LogP contribution in [0.25, 0.3) is 0 Å². The van der Waals surface area contributed by atoms with E-state index in [1.54, 1.807) is 13.0 Å². The average molecular weight is 286 g/mol. The summed E-state index contributed by atoms with van der Waals surface area (Å²) in [4.78, 5) is 11.5. The Hall–Kier alpha value is -0.180. The van der Waals surface area contributed by atoms with Crippen molar-refractivity contribution in [1.82, 2.24) is 0 Å². The molecule has 0 radical (unpaired) electrons. The van der Waals surface area contributed by atoms with Crippen molar-refractivity contribution >= 4 is 40.8 Å². The van der Waals surface area contributed by atoms with E-state index < -0.39 is 11.9 Å². The van der Waals surface area contributed by atoms with Crippen LogP contribution in [0.2, 0.25) is 0 Å². The van der Waals surface area contributed by atoms with E-state index in [0.717, 1.165) is 6.42 Å². The van der Waals surface area contributed by atoms with Crippen molar-refractivity contribution in [3.8, 4) is 0 Å². The van der Waals surface area contributed by atoms with Crippen LogP contribution in [-0.2, 0) is 9.53 Å². The van der Waals surface area contributed by atoms with Gasteiger partial charge in [0.15, 0.2) is 0 Å². The van der Waals surface area contributed by atoms with Crippen LogP contribution in [0.15, 0.2) is 21.7 Å². The van der Waals surface area contributed by atoms with Crippen LogP contribution in [0.1, 0.15) is 26.7 Å². The first-order chi connectivity index (χ1) is 7.51. The average Bonchev–Trinajstić information content (AvgIpc) is 2.16. The van der Waals surface area contributed by atoms with Gasteiger partial charge in [-0.15, -0.1) is 0 Å². The number of carbonyl (C=O) groups is 1. The van der Waals surface area contributed by atoms with Gasteiger partial charge in [-0.25, -0.2) is 0 Å². The third-order valence-electron chi connectivity index (χ3n) is 1.71. The number of allylic oxidation sites excluding steroid dienone is 1. The highest BCUT2D eigenvalue weighted by Crippen LogP contribution is 2.19. The summed E-state index contributed by atoms with van der Waals surface area (Å²) in [6.07, 6.45) is 4.63. The lowest BCUT2D eigenvalue weighted by Gasteiger charge is -2.08. The Labute approximate surface area is 111 Å². The summed E-state index contributed by atoms with van der Waals surface area (Å²) >= 11 is 17.0. The molecule has 0 aromatic rings. The molecule has 0 saturated carbocycles. The predicted molar refractivity (Wildman–Crippen MR) is 68.8 cm³/mol. The summed E-state index contributed by atoms with van der Waals surface area (Å²) in [6.45, 7) is 4.04. The quantitative estimate of drug-likeness (QED) is 0.676. The van der Waals surface area contributed by atoms with Gasteiger partial charge in [-0.2, -0.15) is 0 Å². The third-order valence-corrected chi connectivity index (χ3v) is 2.28. The highest BCUT2D eigenvalue weighted by molar-refractivity contribution is 6.55. The fraction of sp³-hybridized carbons (Fsp3) is 0.545. The van der Waals surface area contributed by atoms with Crippen LogP contribution in [0.3, 0.4) is 0 Å². The van der Waals surface area contributed by atoms with E-state index in [-0.39, 0.29) is 4.49 Å². The summed E-state index contributed by atoms with van der Waals surface area (Å²) in [6, 6.07) is 0. The normalized spacial score (nSPS) is 13.2. The maximum atomic E-state index is 11.5. The zero-order valence-electron chi connectivity index (χ0n) is 9.30. The Bertz CT molecular complexity index is 281. The number of halogens is 3. The van der Waals surface area contributed by atoms with Gasteiger partial charge in [-0.05, 0) is 19.4 Å². The van der Waals surface area contributed by atoms with Gasteiger partial charge in [0.05, 0.1) is 12.5 Å². The molecule has 0 spiro atoms. The van der Waals surface area contributed by atoms with Crippen LogP contribution >= 0.6 is 34.8 Å². The third kappa shape index (κ3) is 7.15. The number of rotatable bonds is 6. The molecule has 0 aliphatic carbocycles. The van der Waals surface area contributed by atoms with Crippen molar-refractivity contribution in [2.45, 2.75) is 26.7 Å². The Morgan fingerprint density at radius 2 is 1.88 bits per heavy atom. The van der Waals surface area contributed by atoms with Gasteiger partial charge in [0.1, 0.15) is 4.49 Å². The molecule has 0 N–H and O–H groups in total. The molecule has 0 aromatic carbocycles. The van der Waals surface area contributed by atoms with Crippen molar-refractivity contribution in [2.24, 2.45) is 5.92 Å². The number of hydrogen-bond acceptors (Lipinski definition) is 2. The van der Waals surface area contributed by atoms with Gasteiger partial charge in [-0.3, -0.25) is 4.79 Å². The van der Waals surface area contributed by atoms with E-state index in [1.165, 1.54) is 6.08 Å². The van der Waals surface area contributed by atoms with Gasteiger partial charge in [0, 0.05) is 5.03 Å². The maximum absolute atomic E-state index is 11.5. The minimum Gasteiger partial charge on any atom is -0.465 e. The summed E-state index contributed by atoms with van der Waals surface area (Å²) in [7, 11) is 0. The van der Waals surface area contributed by atoms with E-state index >= 15 is 0 Å². The Kier molecular flexibility index (Phi) is 8.81. The number of ether oxygens (including phenoxy) is 1. The van der Waals surface area contributed by atoms with Crippen molar-refractivity contribution in [1.29, 1.82) is 0 Å². The molecule has 0 aromatic heterocycles. The van der Waals surface area contributed by atoms with E-state index in [1.807, 2.05) is 6.92 Å². The first-order valence-corrected chi connectivity index (χ1v) is 6.20. The fourth-order valence-electron chi connectivity index (χ4n) is 1.08. The maximum Gasteiger partial charge on any atom is 0.316 e. The monoisotopic (exact) mass is 284 g/mol. The topological polar surface area (TPSA) is 26.3 Å². The zero-order chi connectivity index (χ0) is 12.6. The molecule has 0 fully saturated rings. The largest absolute Gasteiger partial charge is 0.465 e. The number of carbonyl (C=O) groups excluding carboxylic acids is 1. The molecule has 1 unspecified atom stereocenters. The molecule has 0 aliphatic rings. The van der Waals surface area contributed by atoms with Gasteiger partial charge >= 0.3 is 5.97 Å². The van der Waals surface area contributed by atoms with Crippen LogP contribution in [0.4, 0.5) is 0 Å². The molecule has 0 bridgehead atoms. The molecule has 0 rings (SSSR count). The lowest BCUT2D eigenvalue weighted by molar-refractivity contribution is -0.144. The Morgan fingerprint density at radius 1 is 1.25 bits per heavy atom. The molecule has 0 heterocycles. The number of hydrogen-bond donors (Lipinski definition) is 0. The highest BCUT2D eigenvalue weighted by atomic mass is 35.5. The molecule has 16 heavy (non-hydrogen) atoms.